The maximum absolute atomic E-state index is 4.62. The Hall–Kier alpha value is -3.70. The number of fused-ring (bicyclic) bond motifs is 4. The molecule has 0 radical (unpaired) electrons. The number of nitrogens with one attached hydrogen (secondary N) is 2. The standard InChI is InChI=1S/C28H24N4S/c1-3-17-8-10-19(11-9-17)23-15-33-28-25(23)27(29-16-30-28)31-20-12-13-21-22-7-5-6-18(4-2)26(22)32-24(21)14-20/h5-16,32H,3-4H2,1-2H3,(H,29,30,31). The van der Waals surface area contributed by atoms with E-state index in [1.807, 2.05) is 0 Å². The van der Waals surface area contributed by atoms with Gasteiger partial charge in [-0.2, -0.15) is 0 Å². The number of aromatic nitrogens is 3. The first-order chi connectivity index (χ1) is 16.2. The summed E-state index contributed by atoms with van der Waals surface area (Å²) in [6, 6.07) is 21.8. The quantitative estimate of drug-likeness (QED) is 0.282. The summed E-state index contributed by atoms with van der Waals surface area (Å²) >= 11 is 1.66. The Morgan fingerprint density at radius 1 is 0.909 bits per heavy atom. The van der Waals surface area contributed by atoms with Crippen molar-refractivity contribution in [3.8, 4) is 11.1 Å². The minimum atomic E-state index is 0.834. The van der Waals surface area contributed by atoms with Crippen LogP contribution in [0.25, 0.3) is 43.1 Å². The molecule has 0 fully saturated rings. The van der Waals surface area contributed by atoms with Crippen molar-refractivity contribution in [3.63, 3.8) is 0 Å². The van der Waals surface area contributed by atoms with Crippen LogP contribution in [0.3, 0.4) is 0 Å². The Kier molecular flexibility index (Phi) is 4.84. The minimum Gasteiger partial charge on any atom is -0.354 e. The molecule has 162 valence electrons. The van der Waals surface area contributed by atoms with Crippen LogP contribution in [-0.2, 0) is 12.8 Å². The average molecular weight is 449 g/mol. The van der Waals surface area contributed by atoms with Gasteiger partial charge in [-0.05, 0) is 41.7 Å². The fourth-order valence-corrected chi connectivity index (χ4v) is 5.52. The Labute approximate surface area is 196 Å². The molecule has 0 spiro atoms. The summed E-state index contributed by atoms with van der Waals surface area (Å²) in [5.41, 5.74) is 8.40. The van der Waals surface area contributed by atoms with E-state index in [4.69, 9.17) is 0 Å². The van der Waals surface area contributed by atoms with Gasteiger partial charge in [0, 0.05) is 38.4 Å². The highest BCUT2D eigenvalue weighted by Crippen LogP contribution is 2.38. The van der Waals surface area contributed by atoms with Gasteiger partial charge >= 0.3 is 0 Å². The number of aryl methyl sites for hydroxylation is 2. The highest BCUT2D eigenvalue weighted by Gasteiger charge is 2.14. The van der Waals surface area contributed by atoms with Crippen LogP contribution in [0.5, 0.6) is 0 Å². The van der Waals surface area contributed by atoms with Gasteiger partial charge < -0.3 is 10.3 Å². The molecular weight excluding hydrogens is 424 g/mol. The molecule has 4 nitrogen and oxygen atoms in total. The van der Waals surface area contributed by atoms with Crippen LogP contribution in [0.1, 0.15) is 25.0 Å². The highest BCUT2D eigenvalue weighted by molar-refractivity contribution is 7.17. The van der Waals surface area contributed by atoms with Gasteiger partial charge in [-0.15, -0.1) is 11.3 Å². The van der Waals surface area contributed by atoms with Crippen molar-refractivity contribution in [1.82, 2.24) is 15.0 Å². The summed E-state index contributed by atoms with van der Waals surface area (Å²) in [5.74, 6) is 0.834. The normalized spacial score (nSPS) is 11.6. The number of H-pyrrole nitrogens is 1. The van der Waals surface area contributed by atoms with Gasteiger partial charge in [0.25, 0.3) is 0 Å². The van der Waals surface area contributed by atoms with Crippen molar-refractivity contribution in [2.75, 3.05) is 5.32 Å². The van der Waals surface area contributed by atoms with E-state index in [9.17, 15) is 0 Å². The third-order valence-electron chi connectivity index (χ3n) is 6.41. The van der Waals surface area contributed by atoms with E-state index in [0.29, 0.717) is 0 Å². The van der Waals surface area contributed by atoms with Gasteiger partial charge in [0.1, 0.15) is 17.0 Å². The molecule has 0 amide bonds. The molecule has 3 heterocycles. The molecule has 3 aromatic carbocycles. The van der Waals surface area contributed by atoms with Gasteiger partial charge in [0.15, 0.2) is 0 Å². The van der Waals surface area contributed by atoms with Gasteiger partial charge in [-0.1, -0.05) is 62.4 Å². The van der Waals surface area contributed by atoms with Crippen molar-refractivity contribution >= 4 is 54.9 Å². The van der Waals surface area contributed by atoms with E-state index >= 15 is 0 Å². The fraction of sp³-hybridized carbons (Fsp3) is 0.143. The number of hydrogen-bond donors (Lipinski definition) is 2. The third-order valence-corrected chi connectivity index (χ3v) is 7.29. The largest absolute Gasteiger partial charge is 0.354 e. The smallest absolute Gasteiger partial charge is 0.143 e. The molecule has 0 aliphatic heterocycles. The first kappa shape index (κ1) is 19.9. The second-order valence-electron chi connectivity index (χ2n) is 8.31. The van der Waals surface area contributed by atoms with E-state index in [1.54, 1.807) is 17.7 Å². The molecule has 0 aliphatic carbocycles. The molecule has 33 heavy (non-hydrogen) atoms. The number of thiophene rings is 1. The van der Waals surface area contributed by atoms with Crippen molar-refractivity contribution in [1.29, 1.82) is 0 Å². The first-order valence-electron chi connectivity index (χ1n) is 11.4. The lowest BCUT2D eigenvalue weighted by Crippen LogP contribution is -1.95. The molecule has 6 rings (SSSR count). The minimum absolute atomic E-state index is 0.834. The zero-order valence-corrected chi connectivity index (χ0v) is 19.5. The van der Waals surface area contributed by atoms with E-state index in [0.717, 1.165) is 40.1 Å². The van der Waals surface area contributed by atoms with Crippen LogP contribution in [0.2, 0.25) is 0 Å². The van der Waals surface area contributed by atoms with Gasteiger partial charge in [0.2, 0.25) is 0 Å². The number of aromatic amines is 1. The van der Waals surface area contributed by atoms with Crippen LogP contribution in [0.15, 0.2) is 72.4 Å². The van der Waals surface area contributed by atoms with Crippen LogP contribution in [0, 0.1) is 0 Å². The molecule has 0 saturated carbocycles. The lowest BCUT2D eigenvalue weighted by molar-refractivity contribution is 1.14. The first-order valence-corrected chi connectivity index (χ1v) is 12.2. The molecule has 5 heteroatoms. The topological polar surface area (TPSA) is 53.6 Å². The summed E-state index contributed by atoms with van der Waals surface area (Å²) in [4.78, 5) is 13.8. The molecular formula is C28H24N4S. The monoisotopic (exact) mass is 448 g/mol. The number of benzene rings is 3. The molecule has 0 unspecified atom stereocenters. The SMILES string of the molecule is CCc1ccc(-c2csc3ncnc(Nc4ccc5c(c4)[nH]c4c(CC)cccc45)c23)cc1. The van der Waals surface area contributed by atoms with Crippen molar-refractivity contribution in [2.24, 2.45) is 0 Å². The van der Waals surface area contributed by atoms with Crippen LogP contribution in [-0.4, -0.2) is 15.0 Å². The predicted molar refractivity (Wildman–Crippen MR) is 141 cm³/mol. The van der Waals surface area contributed by atoms with Crippen molar-refractivity contribution in [3.05, 3.63) is 83.5 Å². The Morgan fingerprint density at radius 3 is 2.61 bits per heavy atom. The number of rotatable bonds is 5. The summed E-state index contributed by atoms with van der Waals surface area (Å²) < 4.78 is 0. The highest BCUT2D eigenvalue weighted by atomic mass is 32.1. The fourth-order valence-electron chi connectivity index (χ4n) is 4.60. The zero-order valence-electron chi connectivity index (χ0n) is 18.6. The lowest BCUT2D eigenvalue weighted by atomic mass is 10.0. The number of para-hydroxylation sites is 1. The Morgan fingerprint density at radius 2 is 1.79 bits per heavy atom. The lowest BCUT2D eigenvalue weighted by Gasteiger charge is -2.09. The second-order valence-corrected chi connectivity index (χ2v) is 9.16. The van der Waals surface area contributed by atoms with Gasteiger partial charge in [-0.3, -0.25) is 0 Å². The molecule has 0 atom stereocenters. The second kappa shape index (κ2) is 8.01. The maximum atomic E-state index is 4.62. The summed E-state index contributed by atoms with van der Waals surface area (Å²) in [5, 5.41) is 9.33. The maximum Gasteiger partial charge on any atom is 0.143 e. The molecule has 0 aliphatic rings. The predicted octanol–water partition coefficient (Wildman–Crippen LogP) is 7.86. The van der Waals surface area contributed by atoms with E-state index < -0.39 is 0 Å². The van der Waals surface area contributed by atoms with Crippen LogP contribution in [0.4, 0.5) is 11.5 Å². The molecule has 3 aromatic heterocycles. The zero-order chi connectivity index (χ0) is 22.4. The molecule has 0 saturated heterocycles. The number of anilines is 2. The molecule has 6 aromatic rings. The average Bonchev–Trinajstić information content (AvgIpc) is 3.46. The van der Waals surface area contributed by atoms with Crippen LogP contribution >= 0.6 is 11.3 Å². The molecule has 0 bridgehead atoms. The summed E-state index contributed by atoms with van der Waals surface area (Å²) in [7, 11) is 0. The van der Waals surface area contributed by atoms with Gasteiger partial charge in [-0.25, -0.2) is 9.97 Å². The number of hydrogen-bond acceptors (Lipinski definition) is 4. The van der Waals surface area contributed by atoms with E-state index in [2.05, 4.69) is 100 Å². The summed E-state index contributed by atoms with van der Waals surface area (Å²) in [6.07, 6.45) is 3.69. The van der Waals surface area contributed by atoms with Crippen molar-refractivity contribution < 1.29 is 0 Å². The van der Waals surface area contributed by atoms with E-state index in [-0.39, 0.29) is 0 Å². The third kappa shape index (κ3) is 3.36. The number of nitrogens with zero attached hydrogens (tertiary/aromatic N) is 2. The van der Waals surface area contributed by atoms with E-state index in [1.165, 1.54) is 38.5 Å². The molecule has 2 N–H and O–H groups in total. The summed E-state index contributed by atoms with van der Waals surface area (Å²) in [6.45, 7) is 4.37. The Balaban J connectivity index is 1.43. The van der Waals surface area contributed by atoms with Crippen LogP contribution < -0.4 is 5.32 Å². The van der Waals surface area contributed by atoms with Crippen molar-refractivity contribution in [2.45, 2.75) is 26.7 Å². The van der Waals surface area contributed by atoms with Gasteiger partial charge in [0.05, 0.1) is 5.39 Å². The Bertz CT molecular complexity index is 1610.